The first-order chi connectivity index (χ1) is 11.9. The molecule has 1 amide bonds. The Kier molecular flexibility index (Phi) is 5.67. The fourth-order valence-electron chi connectivity index (χ4n) is 2.16. The van der Waals surface area contributed by atoms with Crippen molar-refractivity contribution in [2.24, 2.45) is 5.10 Å². The summed E-state index contributed by atoms with van der Waals surface area (Å²) >= 11 is 0. The molecule has 3 N–H and O–H groups in total. The number of benzene rings is 2. The van der Waals surface area contributed by atoms with Crippen LogP contribution in [-0.4, -0.2) is 28.7 Å². The molecular weight excluding hydrogens is 324 g/mol. The number of phenols is 1. The number of carbonyl (C=O) groups is 1. The summed E-state index contributed by atoms with van der Waals surface area (Å²) in [6.07, 6.45) is 1.15. The molecule has 8 nitrogen and oxygen atoms in total. The van der Waals surface area contributed by atoms with Crippen LogP contribution in [-0.2, 0) is 4.79 Å². The van der Waals surface area contributed by atoms with E-state index in [4.69, 9.17) is 0 Å². The zero-order chi connectivity index (χ0) is 18.4. The van der Waals surface area contributed by atoms with Gasteiger partial charge in [0.1, 0.15) is 5.75 Å². The number of phenolic OH excluding ortho intramolecular Hbond substituents is 1. The lowest BCUT2D eigenvalue weighted by molar-refractivity contribution is -0.384. The second kappa shape index (κ2) is 7.91. The van der Waals surface area contributed by atoms with Crippen LogP contribution in [0.2, 0.25) is 0 Å². The van der Waals surface area contributed by atoms with E-state index in [1.807, 2.05) is 32.0 Å². The Morgan fingerprint density at radius 3 is 2.72 bits per heavy atom. The smallest absolute Gasteiger partial charge is 0.270 e. The van der Waals surface area contributed by atoms with Gasteiger partial charge in [-0.2, -0.15) is 5.10 Å². The second-order valence-corrected chi connectivity index (χ2v) is 5.47. The highest BCUT2D eigenvalue weighted by Crippen LogP contribution is 2.21. The minimum absolute atomic E-state index is 0.0160. The van der Waals surface area contributed by atoms with E-state index in [-0.39, 0.29) is 29.5 Å². The summed E-state index contributed by atoms with van der Waals surface area (Å²) in [5.74, 6) is -0.557. The molecule has 0 saturated carbocycles. The molecule has 0 heterocycles. The summed E-state index contributed by atoms with van der Waals surface area (Å²) in [5.41, 5.74) is 5.26. The number of nitro groups is 1. The lowest BCUT2D eigenvalue weighted by atomic mass is 10.1. The van der Waals surface area contributed by atoms with Crippen LogP contribution in [0.15, 0.2) is 41.5 Å². The Balaban J connectivity index is 1.92. The van der Waals surface area contributed by atoms with Crippen LogP contribution in [0.25, 0.3) is 0 Å². The Bertz CT molecular complexity index is 833. The Morgan fingerprint density at radius 1 is 1.28 bits per heavy atom. The van der Waals surface area contributed by atoms with Crippen molar-refractivity contribution in [1.29, 1.82) is 0 Å². The van der Waals surface area contributed by atoms with E-state index in [0.717, 1.165) is 23.0 Å². The number of anilines is 1. The maximum absolute atomic E-state index is 11.8. The maximum atomic E-state index is 11.8. The number of hydrazone groups is 1. The third-order valence-electron chi connectivity index (χ3n) is 3.44. The van der Waals surface area contributed by atoms with Crippen molar-refractivity contribution in [3.63, 3.8) is 0 Å². The number of hydrogen-bond donors (Lipinski definition) is 3. The van der Waals surface area contributed by atoms with Crippen molar-refractivity contribution < 1.29 is 14.8 Å². The predicted octanol–water partition coefficient (Wildman–Crippen LogP) is 2.48. The number of nitrogens with one attached hydrogen (secondary N) is 2. The lowest BCUT2D eigenvalue weighted by Gasteiger charge is -2.09. The average Bonchev–Trinajstić information content (AvgIpc) is 2.55. The number of rotatable bonds is 6. The van der Waals surface area contributed by atoms with Crippen LogP contribution in [0.4, 0.5) is 11.4 Å². The first-order valence-electron chi connectivity index (χ1n) is 7.47. The van der Waals surface area contributed by atoms with Gasteiger partial charge in [0.15, 0.2) is 0 Å². The molecule has 0 radical (unpaired) electrons. The molecule has 2 aromatic rings. The molecule has 130 valence electrons. The normalized spacial score (nSPS) is 10.6. The highest BCUT2D eigenvalue weighted by Gasteiger charge is 2.09. The molecule has 8 heteroatoms. The average molecular weight is 342 g/mol. The topological polar surface area (TPSA) is 117 Å². The summed E-state index contributed by atoms with van der Waals surface area (Å²) in [7, 11) is 0. The number of carbonyl (C=O) groups excluding carboxylic acids is 1. The van der Waals surface area contributed by atoms with Gasteiger partial charge in [-0.05, 0) is 31.5 Å². The maximum Gasteiger partial charge on any atom is 0.270 e. The van der Waals surface area contributed by atoms with E-state index in [1.54, 1.807) is 0 Å². The number of aromatic hydroxyl groups is 1. The minimum Gasteiger partial charge on any atom is -0.507 e. The molecule has 0 aliphatic heterocycles. The summed E-state index contributed by atoms with van der Waals surface area (Å²) in [6.45, 7) is 3.94. The van der Waals surface area contributed by atoms with Crippen LogP contribution in [0.3, 0.4) is 0 Å². The molecule has 0 bridgehead atoms. The fourth-order valence-corrected chi connectivity index (χ4v) is 2.16. The van der Waals surface area contributed by atoms with Crippen molar-refractivity contribution in [2.45, 2.75) is 13.8 Å². The Hall–Kier alpha value is -3.42. The first kappa shape index (κ1) is 17.9. The number of nitro benzene ring substituents is 1. The van der Waals surface area contributed by atoms with Gasteiger partial charge in [-0.15, -0.1) is 0 Å². The van der Waals surface area contributed by atoms with Crippen LogP contribution in [0, 0.1) is 24.0 Å². The second-order valence-electron chi connectivity index (χ2n) is 5.47. The zero-order valence-electron chi connectivity index (χ0n) is 13.8. The van der Waals surface area contributed by atoms with E-state index < -0.39 is 4.92 Å². The highest BCUT2D eigenvalue weighted by atomic mass is 16.6. The van der Waals surface area contributed by atoms with Gasteiger partial charge in [-0.3, -0.25) is 14.9 Å². The molecule has 0 atom stereocenters. The fraction of sp³-hybridized carbons (Fsp3) is 0.176. The zero-order valence-corrected chi connectivity index (χ0v) is 13.8. The summed E-state index contributed by atoms with van der Waals surface area (Å²) in [6, 6.07) is 9.38. The van der Waals surface area contributed by atoms with Gasteiger partial charge in [-0.25, -0.2) is 5.43 Å². The van der Waals surface area contributed by atoms with Crippen LogP contribution in [0.1, 0.15) is 16.7 Å². The molecule has 2 aromatic carbocycles. The van der Waals surface area contributed by atoms with Gasteiger partial charge in [0.05, 0.1) is 17.7 Å². The van der Waals surface area contributed by atoms with Crippen molar-refractivity contribution in [3.8, 4) is 5.75 Å². The monoisotopic (exact) mass is 342 g/mol. The number of nitrogens with zero attached hydrogens (tertiary/aromatic N) is 2. The molecule has 0 unspecified atom stereocenters. The van der Waals surface area contributed by atoms with E-state index in [2.05, 4.69) is 15.8 Å². The number of aryl methyl sites for hydroxylation is 2. The molecule has 0 aromatic heterocycles. The predicted molar refractivity (Wildman–Crippen MR) is 94.9 cm³/mol. The van der Waals surface area contributed by atoms with E-state index in [9.17, 15) is 20.0 Å². The van der Waals surface area contributed by atoms with E-state index in [0.29, 0.717) is 0 Å². The van der Waals surface area contributed by atoms with Crippen molar-refractivity contribution in [1.82, 2.24) is 5.43 Å². The molecule has 0 aliphatic rings. The van der Waals surface area contributed by atoms with Gasteiger partial charge >= 0.3 is 0 Å². The van der Waals surface area contributed by atoms with E-state index >= 15 is 0 Å². The SMILES string of the molecule is Cc1ccc(NCC(=O)N/N=C\c2cc([N+](=O)[O-])ccc2O)c(C)c1. The van der Waals surface area contributed by atoms with Crippen molar-refractivity contribution in [3.05, 3.63) is 63.2 Å². The molecule has 0 spiro atoms. The van der Waals surface area contributed by atoms with Crippen molar-refractivity contribution in [2.75, 3.05) is 11.9 Å². The molecule has 0 fully saturated rings. The minimum atomic E-state index is -0.580. The largest absolute Gasteiger partial charge is 0.507 e. The number of non-ortho nitro benzene ring substituents is 1. The lowest BCUT2D eigenvalue weighted by Crippen LogP contribution is -2.26. The first-order valence-corrected chi connectivity index (χ1v) is 7.47. The van der Waals surface area contributed by atoms with Crippen molar-refractivity contribution >= 4 is 23.5 Å². The standard InChI is InChI=1S/C17H18N4O4/c1-11-3-5-15(12(2)7-11)18-10-17(23)20-19-9-13-8-14(21(24)25)4-6-16(13)22/h3-9,18,22H,10H2,1-2H3,(H,20,23)/b19-9-. The van der Waals surface area contributed by atoms with E-state index in [1.165, 1.54) is 18.2 Å². The van der Waals surface area contributed by atoms with Gasteiger partial charge < -0.3 is 10.4 Å². The van der Waals surface area contributed by atoms with Gasteiger partial charge in [0, 0.05) is 23.4 Å². The Labute approximate surface area is 144 Å². The van der Waals surface area contributed by atoms with Crippen LogP contribution >= 0.6 is 0 Å². The summed E-state index contributed by atoms with van der Waals surface area (Å²) in [4.78, 5) is 21.9. The quantitative estimate of drug-likeness (QED) is 0.423. The van der Waals surface area contributed by atoms with Gasteiger partial charge in [0.25, 0.3) is 11.6 Å². The number of hydrogen-bond acceptors (Lipinski definition) is 6. The van der Waals surface area contributed by atoms with Gasteiger partial charge in [-0.1, -0.05) is 17.7 Å². The highest BCUT2D eigenvalue weighted by molar-refractivity contribution is 5.87. The van der Waals surface area contributed by atoms with Gasteiger partial charge in [0.2, 0.25) is 0 Å². The molecule has 0 saturated heterocycles. The third kappa shape index (κ3) is 5.03. The summed E-state index contributed by atoms with van der Waals surface area (Å²) in [5, 5.41) is 27.1. The molecule has 0 aliphatic carbocycles. The summed E-state index contributed by atoms with van der Waals surface area (Å²) < 4.78 is 0. The molecule has 2 rings (SSSR count). The van der Waals surface area contributed by atoms with Crippen LogP contribution in [0.5, 0.6) is 5.75 Å². The third-order valence-corrected chi connectivity index (χ3v) is 3.44. The molecular formula is C17H18N4O4. The van der Waals surface area contributed by atoms with Crippen LogP contribution < -0.4 is 10.7 Å². The Morgan fingerprint density at radius 2 is 2.04 bits per heavy atom. The molecule has 25 heavy (non-hydrogen) atoms. The number of amides is 1.